The van der Waals surface area contributed by atoms with Gasteiger partial charge in [-0.05, 0) is 30.2 Å². The van der Waals surface area contributed by atoms with Crippen molar-refractivity contribution in [2.75, 3.05) is 6.54 Å². The second-order valence-corrected chi connectivity index (χ2v) is 4.10. The molecule has 1 amide bonds. The Hall–Kier alpha value is -2.21. The summed E-state index contributed by atoms with van der Waals surface area (Å²) in [4.78, 5) is 21.5. The van der Waals surface area contributed by atoms with Crippen LogP contribution in [0.4, 0.5) is 5.69 Å². The normalized spacial score (nSPS) is 12.3. The van der Waals surface area contributed by atoms with Gasteiger partial charge in [0.1, 0.15) is 0 Å². The summed E-state index contributed by atoms with van der Waals surface area (Å²) in [5.74, 6) is -0.234. The average Bonchev–Trinajstić information content (AvgIpc) is 2.42. The molecule has 1 aromatic carbocycles. The number of carbonyl (C=O) groups excluding carboxylic acids is 1. The fourth-order valence-electron chi connectivity index (χ4n) is 1.31. The SMILES string of the molecule is CCC(N)CNC(=O)C=Cc1ccc([N+](=O)[O-])cc1. The molecule has 0 aromatic heterocycles. The first kappa shape index (κ1) is 14.8. The summed E-state index contributed by atoms with van der Waals surface area (Å²) in [6.45, 7) is 2.38. The van der Waals surface area contributed by atoms with Gasteiger partial charge in [0.2, 0.25) is 5.91 Å². The Kier molecular flexibility index (Phi) is 5.69. The van der Waals surface area contributed by atoms with Gasteiger partial charge in [-0.3, -0.25) is 14.9 Å². The van der Waals surface area contributed by atoms with Crippen LogP contribution in [-0.4, -0.2) is 23.4 Å². The largest absolute Gasteiger partial charge is 0.351 e. The fourth-order valence-corrected chi connectivity index (χ4v) is 1.31. The maximum atomic E-state index is 11.5. The molecule has 1 aromatic rings. The van der Waals surface area contributed by atoms with Crippen molar-refractivity contribution < 1.29 is 9.72 Å². The Balaban J connectivity index is 2.51. The van der Waals surface area contributed by atoms with Gasteiger partial charge in [-0.15, -0.1) is 0 Å². The Morgan fingerprint density at radius 3 is 2.63 bits per heavy atom. The first-order valence-electron chi connectivity index (χ1n) is 5.99. The van der Waals surface area contributed by atoms with E-state index in [0.29, 0.717) is 6.54 Å². The molecule has 0 aliphatic carbocycles. The molecule has 0 aliphatic rings. The molecular weight excluding hydrogens is 246 g/mol. The summed E-state index contributed by atoms with van der Waals surface area (Å²) in [5, 5.41) is 13.1. The van der Waals surface area contributed by atoms with E-state index in [4.69, 9.17) is 5.73 Å². The van der Waals surface area contributed by atoms with E-state index in [0.717, 1.165) is 12.0 Å². The van der Waals surface area contributed by atoms with Crippen molar-refractivity contribution in [3.63, 3.8) is 0 Å². The van der Waals surface area contributed by atoms with Gasteiger partial charge in [0.05, 0.1) is 4.92 Å². The summed E-state index contributed by atoms with van der Waals surface area (Å²) in [6.07, 6.45) is 3.77. The zero-order valence-electron chi connectivity index (χ0n) is 10.7. The number of nitro groups is 1. The smallest absolute Gasteiger partial charge is 0.269 e. The number of non-ortho nitro benzene ring substituents is 1. The maximum Gasteiger partial charge on any atom is 0.269 e. The van der Waals surface area contributed by atoms with Crippen molar-refractivity contribution in [2.45, 2.75) is 19.4 Å². The van der Waals surface area contributed by atoms with Gasteiger partial charge < -0.3 is 11.1 Å². The predicted octanol–water partition coefficient (Wildman–Crippen LogP) is 1.46. The molecule has 0 aliphatic heterocycles. The van der Waals surface area contributed by atoms with Crippen molar-refractivity contribution >= 4 is 17.7 Å². The van der Waals surface area contributed by atoms with Crippen molar-refractivity contribution in [2.24, 2.45) is 5.73 Å². The summed E-state index contributed by atoms with van der Waals surface area (Å²) in [5.41, 5.74) is 6.42. The lowest BCUT2D eigenvalue weighted by molar-refractivity contribution is -0.384. The summed E-state index contributed by atoms with van der Waals surface area (Å²) < 4.78 is 0. The molecule has 0 heterocycles. The summed E-state index contributed by atoms with van der Waals surface area (Å²) in [6, 6.07) is 5.91. The molecular formula is C13H17N3O3. The van der Waals surface area contributed by atoms with Gasteiger partial charge in [-0.2, -0.15) is 0 Å². The lowest BCUT2D eigenvalue weighted by Crippen LogP contribution is -2.35. The van der Waals surface area contributed by atoms with Crippen LogP contribution in [0.25, 0.3) is 6.08 Å². The Morgan fingerprint density at radius 2 is 2.11 bits per heavy atom. The van der Waals surface area contributed by atoms with Gasteiger partial charge in [0, 0.05) is 30.8 Å². The fraction of sp³-hybridized carbons (Fsp3) is 0.308. The minimum absolute atomic E-state index is 0.0236. The number of nitrogens with one attached hydrogen (secondary N) is 1. The van der Waals surface area contributed by atoms with E-state index >= 15 is 0 Å². The predicted molar refractivity (Wildman–Crippen MR) is 73.4 cm³/mol. The lowest BCUT2D eigenvalue weighted by Gasteiger charge is -2.08. The van der Waals surface area contributed by atoms with Gasteiger partial charge >= 0.3 is 0 Å². The molecule has 0 bridgehead atoms. The molecule has 1 unspecified atom stereocenters. The third kappa shape index (κ3) is 5.31. The molecule has 0 fully saturated rings. The van der Waals surface area contributed by atoms with Crippen LogP contribution >= 0.6 is 0 Å². The van der Waals surface area contributed by atoms with E-state index in [2.05, 4.69) is 5.32 Å². The molecule has 6 heteroatoms. The molecule has 102 valence electrons. The topological polar surface area (TPSA) is 98.3 Å². The third-order valence-electron chi connectivity index (χ3n) is 2.59. The Bertz CT molecular complexity index is 469. The number of benzene rings is 1. The van der Waals surface area contributed by atoms with Gasteiger partial charge in [0.25, 0.3) is 5.69 Å². The molecule has 1 rings (SSSR count). The van der Waals surface area contributed by atoms with Crippen molar-refractivity contribution in [1.29, 1.82) is 0 Å². The van der Waals surface area contributed by atoms with Crippen molar-refractivity contribution in [3.8, 4) is 0 Å². The molecule has 6 nitrogen and oxygen atoms in total. The van der Waals surface area contributed by atoms with Crippen LogP contribution in [0.5, 0.6) is 0 Å². The zero-order chi connectivity index (χ0) is 14.3. The number of nitrogens with zero attached hydrogens (tertiary/aromatic N) is 1. The van der Waals surface area contributed by atoms with E-state index in [1.165, 1.54) is 18.2 Å². The summed E-state index contributed by atoms with van der Waals surface area (Å²) in [7, 11) is 0. The standard InChI is InChI=1S/C13H17N3O3/c1-2-11(14)9-15-13(17)8-5-10-3-6-12(7-4-10)16(18)19/h3-8,11H,2,9,14H2,1H3,(H,15,17). The molecule has 1 atom stereocenters. The van der Waals surface area contributed by atoms with Crippen LogP contribution in [0, 0.1) is 10.1 Å². The second-order valence-electron chi connectivity index (χ2n) is 4.10. The van der Waals surface area contributed by atoms with Crippen LogP contribution in [0.1, 0.15) is 18.9 Å². The average molecular weight is 263 g/mol. The van der Waals surface area contributed by atoms with Gasteiger partial charge in [-0.25, -0.2) is 0 Å². The highest BCUT2D eigenvalue weighted by molar-refractivity contribution is 5.91. The number of hydrogen-bond acceptors (Lipinski definition) is 4. The van der Waals surface area contributed by atoms with Crippen LogP contribution < -0.4 is 11.1 Å². The van der Waals surface area contributed by atoms with Crippen LogP contribution in [0.15, 0.2) is 30.3 Å². The van der Waals surface area contributed by atoms with Crippen LogP contribution in [0.2, 0.25) is 0 Å². The maximum absolute atomic E-state index is 11.5. The molecule has 0 radical (unpaired) electrons. The molecule has 0 spiro atoms. The number of nitrogens with two attached hydrogens (primary N) is 1. The second kappa shape index (κ2) is 7.27. The quantitative estimate of drug-likeness (QED) is 0.461. The van der Waals surface area contributed by atoms with E-state index < -0.39 is 4.92 Å². The Labute approximate surface area is 111 Å². The highest BCUT2D eigenvalue weighted by atomic mass is 16.6. The first-order valence-corrected chi connectivity index (χ1v) is 5.99. The van der Waals surface area contributed by atoms with Crippen molar-refractivity contribution in [1.82, 2.24) is 5.32 Å². The molecule has 3 N–H and O–H groups in total. The number of rotatable bonds is 6. The van der Waals surface area contributed by atoms with Crippen molar-refractivity contribution in [3.05, 3.63) is 46.0 Å². The summed E-state index contributed by atoms with van der Waals surface area (Å²) >= 11 is 0. The zero-order valence-corrected chi connectivity index (χ0v) is 10.7. The third-order valence-corrected chi connectivity index (χ3v) is 2.59. The first-order chi connectivity index (χ1) is 9.02. The van der Waals surface area contributed by atoms with E-state index in [1.54, 1.807) is 18.2 Å². The van der Waals surface area contributed by atoms with E-state index in [9.17, 15) is 14.9 Å². The van der Waals surface area contributed by atoms with E-state index in [-0.39, 0.29) is 17.6 Å². The Morgan fingerprint density at radius 1 is 1.47 bits per heavy atom. The van der Waals surface area contributed by atoms with Gasteiger partial charge in [0.15, 0.2) is 0 Å². The highest BCUT2D eigenvalue weighted by Crippen LogP contribution is 2.12. The number of nitro benzene ring substituents is 1. The van der Waals surface area contributed by atoms with E-state index in [1.807, 2.05) is 6.92 Å². The number of carbonyl (C=O) groups is 1. The molecule has 0 saturated carbocycles. The van der Waals surface area contributed by atoms with Gasteiger partial charge in [-0.1, -0.05) is 6.92 Å². The van der Waals surface area contributed by atoms with Crippen LogP contribution in [-0.2, 0) is 4.79 Å². The number of amides is 1. The lowest BCUT2D eigenvalue weighted by atomic mass is 10.2. The minimum atomic E-state index is -0.466. The monoisotopic (exact) mass is 263 g/mol. The minimum Gasteiger partial charge on any atom is -0.351 e. The highest BCUT2D eigenvalue weighted by Gasteiger charge is 2.03. The molecule has 0 saturated heterocycles. The number of hydrogen-bond donors (Lipinski definition) is 2. The molecule has 19 heavy (non-hydrogen) atoms. The van der Waals surface area contributed by atoms with Crippen LogP contribution in [0.3, 0.4) is 0 Å².